The van der Waals surface area contributed by atoms with Gasteiger partial charge in [0.1, 0.15) is 90.4 Å². The van der Waals surface area contributed by atoms with Gasteiger partial charge in [-0.15, -0.1) is 0 Å². The third-order valence-corrected chi connectivity index (χ3v) is 25.1. The molecule has 37 heteroatoms. The number of aliphatic hydroxyl groups is 1. The van der Waals surface area contributed by atoms with E-state index in [2.05, 4.69) is 42.5 Å². The van der Waals surface area contributed by atoms with Gasteiger partial charge in [0, 0.05) is 82.5 Å². The topological polar surface area (TPSA) is 548 Å². The number of piperidine rings is 1. The van der Waals surface area contributed by atoms with Gasteiger partial charge in [-0.2, -0.15) is 0 Å². The molecule has 0 radical (unpaired) electrons. The lowest BCUT2D eigenvalue weighted by Crippen LogP contribution is -2.63. The van der Waals surface area contributed by atoms with Gasteiger partial charge in [0.2, 0.25) is 82.7 Å². The molecule has 0 saturated carbocycles. The molecular formula is C95H148N14O23. The summed E-state index contributed by atoms with van der Waals surface area (Å²) in [6.07, 6.45) is -0.947. The smallest absolute Gasteiger partial charge is 0.329 e. The Labute approximate surface area is 776 Å². The molecule has 736 valence electrons. The lowest BCUT2D eigenvalue weighted by Gasteiger charge is -2.44. The zero-order valence-electron chi connectivity index (χ0n) is 79.7. The minimum atomic E-state index is -1.71. The number of benzene rings is 2. The molecule has 4 bridgehead atoms. The number of aromatic hydroxyl groups is 2. The monoisotopic (exact) mass is 1850 g/mol. The van der Waals surface area contributed by atoms with Crippen LogP contribution in [0.3, 0.4) is 0 Å². The largest absolute Gasteiger partial charge is 0.508 e. The van der Waals surface area contributed by atoms with E-state index in [0.717, 1.165) is 4.90 Å². The van der Waals surface area contributed by atoms with Gasteiger partial charge in [-0.25, -0.2) is 9.59 Å². The molecule has 6 rings (SSSR count). The Bertz CT molecular complexity index is 4370. The van der Waals surface area contributed by atoms with E-state index in [0.29, 0.717) is 36.8 Å². The van der Waals surface area contributed by atoms with Crippen LogP contribution in [0.5, 0.6) is 11.5 Å². The van der Waals surface area contributed by atoms with Gasteiger partial charge in [-0.05, 0) is 130 Å². The maximum absolute atomic E-state index is 14.9. The van der Waals surface area contributed by atoms with Crippen LogP contribution in [0.1, 0.15) is 239 Å². The van der Waals surface area contributed by atoms with Crippen LogP contribution in [-0.4, -0.2) is 246 Å². The molecule has 21 atom stereocenters. The van der Waals surface area contributed by atoms with E-state index < -0.39 is 244 Å². The first-order valence-corrected chi connectivity index (χ1v) is 46.0. The normalized spacial score (nSPS) is 25.8. The van der Waals surface area contributed by atoms with Crippen molar-refractivity contribution in [1.29, 1.82) is 0 Å². The Kier molecular flexibility index (Phi) is 45.1. The fourth-order valence-corrected chi connectivity index (χ4v) is 15.9. The number of hydrogen-bond donors (Lipinski definition) is 13. The number of nitrogens with two attached hydrogens (primary N) is 2. The minimum Gasteiger partial charge on any atom is -0.508 e. The second-order valence-corrected chi connectivity index (χ2v) is 37.1. The van der Waals surface area contributed by atoms with Gasteiger partial charge in [0.05, 0.1) is 12.1 Å². The molecule has 4 aliphatic rings. The number of aliphatic hydroxyl groups excluding tert-OH is 1. The molecule has 4 heterocycles. The number of Topliss-reactive ketones (excluding diaryl/α,β-unsaturated/α-hetero) is 2. The van der Waals surface area contributed by atoms with Crippen LogP contribution in [-0.2, 0) is 109 Å². The van der Waals surface area contributed by atoms with Crippen molar-refractivity contribution in [1.82, 2.24) is 62.1 Å². The number of phenolic OH excluding ortho intramolecular Hbond substituents is 2. The predicted molar refractivity (Wildman–Crippen MR) is 490 cm³/mol. The number of carbonyl (C=O) groups excluding carboxylic acids is 18. The highest BCUT2D eigenvalue weighted by molar-refractivity contribution is 6.01. The number of hydrogen-bond acceptors (Lipinski definition) is 23. The Morgan fingerprint density at radius 2 is 0.841 bits per heavy atom. The number of nitrogens with one attached hydrogen (secondary N) is 8. The molecule has 0 unspecified atom stereocenters. The third-order valence-electron chi connectivity index (χ3n) is 25.1. The van der Waals surface area contributed by atoms with E-state index >= 15 is 0 Å². The van der Waals surface area contributed by atoms with Crippen molar-refractivity contribution in [3.8, 4) is 11.5 Å². The van der Waals surface area contributed by atoms with E-state index in [1.165, 1.54) is 73.1 Å². The Morgan fingerprint density at radius 3 is 1.20 bits per heavy atom. The predicted octanol–water partition coefficient (Wildman–Crippen LogP) is 4.62. The van der Waals surface area contributed by atoms with E-state index in [-0.39, 0.29) is 114 Å². The standard InChI is InChI=1S/C47H73N7O12.C47H71N7O11.CH4/c1-11-26(7)38-47(65)66-28(9)39(52-42(60)32(18-19-36(48)57)49-41(59)25(5)6)44(62)50-33(21-24(3)4)35(56)23-30-15-20-37(58)54(45(30)63)40(27(8)12-2)46(64)53(10)34(43(61)51-38)22-29-13-16-31(55)17-14-29;1-11-27(7)38-47(64)65-29(9)39(52-42(59)33(19-20-37(48)57)49-41(58)26(5)6)44(61)50-34(22-25(3)4)36(56)24-31-14-13-21-54(45(31)62)40(28(8)12-2)46(63)53(10)35(43(60)51-38)23-30-15-17-32(55)18-16-30;/h13-14,16-17,24-28,30,32-34,37-40,55,58H,11-12,15,18-23H2,1-10H3,(H2,48,57)(H,49,59)(H,50,62)(H,51,61)(H,52,60);13,15-18,21,25-29,31,33-35,38-40,55H,11-12,14,19-20,22-24H2,1-10H3,(H2,48,57)(H,49,58)(H,50,61)(H,51,60)(H,52,59);1H4/t26-,27-,28+,30+,32-,33-,34-,37+,38-,39-,40-;27-,28-,29+,31+,33-,34-,35-,38-,39-,40-;/m00./s1. The number of ether oxygens (including phenoxy) is 2. The van der Waals surface area contributed by atoms with Crippen LogP contribution >= 0.6 is 0 Å². The van der Waals surface area contributed by atoms with Gasteiger partial charge in [-0.3, -0.25) is 76.7 Å². The average molecular weight is 1850 g/mol. The van der Waals surface area contributed by atoms with Crippen molar-refractivity contribution in [3.63, 3.8) is 0 Å². The number of allylic oxidation sites excluding steroid dienone is 1. The molecule has 2 aromatic carbocycles. The number of amides is 14. The van der Waals surface area contributed by atoms with E-state index in [9.17, 15) is 102 Å². The van der Waals surface area contributed by atoms with Crippen LogP contribution in [0.25, 0.3) is 0 Å². The first-order valence-electron chi connectivity index (χ1n) is 46.0. The fraction of sp³-hybridized carbons (Fsp3) is 0.663. The number of phenols is 2. The van der Waals surface area contributed by atoms with Crippen LogP contribution < -0.4 is 54.0 Å². The Hall–Kier alpha value is -11.4. The van der Waals surface area contributed by atoms with Crippen molar-refractivity contribution in [2.24, 2.45) is 70.6 Å². The van der Waals surface area contributed by atoms with Crippen molar-refractivity contribution < 1.29 is 111 Å². The van der Waals surface area contributed by atoms with Gasteiger partial charge in [0.25, 0.3) is 0 Å². The minimum absolute atomic E-state index is 0. The van der Waals surface area contributed by atoms with Crippen molar-refractivity contribution in [2.75, 3.05) is 14.1 Å². The van der Waals surface area contributed by atoms with Gasteiger partial charge in [-0.1, -0.05) is 174 Å². The molecule has 0 aliphatic carbocycles. The molecule has 37 nitrogen and oxygen atoms in total. The number of rotatable bonds is 30. The summed E-state index contributed by atoms with van der Waals surface area (Å²) in [6.45, 7) is 30.6. The fourth-order valence-electron chi connectivity index (χ4n) is 15.9. The number of ketones is 2. The molecule has 0 spiro atoms. The molecule has 3 fully saturated rings. The maximum atomic E-state index is 14.9. The Morgan fingerprint density at radius 1 is 0.477 bits per heavy atom. The van der Waals surface area contributed by atoms with Crippen molar-refractivity contribution in [2.45, 2.75) is 332 Å². The molecule has 0 aromatic heterocycles. The number of nitrogens with zero attached hydrogens (tertiary/aromatic N) is 4. The number of esters is 2. The van der Waals surface area contributed by atoms with E-state index in [4.69, 9.17) is 20.9 Å². The Balaban J connectivity index is 0.000000548. The summed E-state index contributed by atoms with van der Waals surface area (Å²) in [5.41, 5.74) is 11.9. The van der Waals surface area contributed by atoms with Gasteiger partial charge in [0.15, 0.2) is 11.6 Å². The lowest BCUT2D eigenvalue weighted by molar-refractivity contribution is -0.170. The highest BCUT2D eigenvalue weighted by atomic mass is 16.6. The first-order chi connectivity index (χ1) is 61.4. The second-order valence-electron chi connectivity index (χ2n) is 37.1. The third kappa shape index (κ3) is 32.2. The van der Waals surface area contributed by atoms with Crippen molar-refractivity contribution in [3.05, 3.63) is 71.9 Å². The number of carbonyl (C=O) groups is 18. The van der Waals surface area contributed by atoms with E-state index in [1.807, 2.05) is 48.5 Å². The zero-order chi connectivity index (χ0) is 98.6. The highest BCUT2D eigenvalue weighted by Gasteiger charge is 2.50. The molecule has 15 N–H and O–H groups in total. The number of likely N-dealkylation sites (N-methyl/N-ethyl adjacent to an activating group) is 2. The zero-order valence-corrected chi connectivity index (χ0v) is 79.7. The quantitative estimate of drug-likeness (QED) is 0.0474. The molecule has 3 saturated heterocycles. The highest BCUT2D eigenvalue weighted by Crippen LogP contribution is 2.34. The number of primary amides is 2. The van der Waals surface area contributed by atoms with Gasteiger partial charge >= 0.3 is 11.9 Å². The van der Waals surface area contributed by atoms with Crippen LogP contribution in [0.2, 0.25) is 0 Å². The summed E-state index contributed by atoms with van der Waals surface area (Å²) in [5.74, 6) is -18.6. The summed E-state index contributed by atoms with van der Waals surface area (Å²) < 4.78 is 11.9. The molecule has 2 aromatic rings. The molecule has 14 amide bonds. The summed E-state index contributed by atoms with van der Waals surface area (Å²) >= 11 is 0. The van der Waals surface area contributed by atoms with Gasteiger partial charge < -0.3 is 98.4 Å². The van der Waals surface area contributed by atoms with Crippen molar-refractivity contribution >= 4 is 106 Å². The van der Waals surface area contributed by atoms with E-state index in [1.54, 1.807) is 92.7 Å². The second kappa shape index (κ2) is 52.7. The summed E-state index contributed by atoms with van der Waals surface area (Å²) in [5, 5.41) is 52.8. The summed E-state index contributed by atoms with van der Waals surface area (Å²) in [7, 11) is 2.84. The average Bonchev–Trinajstić information content (AvgIpc) is 0.927. The lowest BCUT2D eigenvalue weighted by atomic mass is 9.85. The number of fused-ring (bicyclic) bond motifs is 4. The molecule has 132 heavy (non-hydrogen) atoms. The summed E-state index contributed by atoms with van der Waals surface area (Å²) in [6, 6.07) is -4.11. The molecular weight excluding hydrogens is 1710 g/mol. The van der Waals surface area contributed by atoms with Crippen LogP contribution in [0.4, 0.5) is 0 Å². The van der Waals surface area contributed by atoms with Crippen LogP contribution in [0.15, 0.2) is 60.8 Å². The number of cyclic esters (lactones) is 2. The van der Waals surface area contributed by atoms with Crippen LogP contribution in [0, 0.1) is 59.2 Å². The molecule has 4 aliphatic heterocycles. The summed E-state index contributed by atoms with van der Waals surface area (Å²) in [4.78, 5) is 256. The SMILES string of the molecule is C.CC[C@H](C)[C@@H]1NC(=O)[C@H](Cc2ccc(O)cc2)N(C)C(=O)[C@H]([C@@H](C)CC)N2C(=O)[C@H](CC[C@H]2O)CC(=O)[C@H](CC(C)C)NC(=O)[C@@H](NC(=O)[C@H](CCC(N)=O)NC(=O)C(C)C)[C@@H](C)OC1=O.CC[C@H](C)[C@@H]1NC(=O)[C@H](Cc2ccc(O)cc2)N(C)C(=O)[C@H]([C@@H](C)CC)N2C=CC[C@H](CC(=O)[C@H](CC(C)C)NC(=O)[C@@H](NC(=O)[C@H](CCC(N)=O)NC(=O)C(C)C)[C@@H](C)OC1=O)C2=O. The maximum Gasteiger partial charge on any atom is 0.329 e. The first kappa shape index (κ1) is 113.